The van der Waals surface area contributed by atoms with Crippen molar-refractivity contribution in [2.75, 3.05) is 6.54 Å². The van der Waals surface area contributed by atoms with Crippen molar-refractivity contribution in [1.29, 1.82) is 0 Å². The number of allylic oxidation sites excluding steroid dienone is 1. The first kappa shape index (κ1) is 11.4. The molecule has 2 heteroatoms. The molecular weight excluding hydrogens is 196 g/mol. The lowest BCUT2D eigenvalue weighted by molar-refractivity contribution is 0.504. The van der Waals surface area contributed by atoms with Gasteiger partial charge in [-0.1, -0.05) is 36.4 Å². The molecule has 0 fully saturated rings. The molecule has 16 heavy (non-hydrogen) atoms. The maximum absolute atomic E-state index is 6.11. The summed E-state index contributed by atoms with van der Waals surface area (Å²) in [6.45, 7) is 3.08. The van der Waals surface area contributed by atoms with Crippen molar-refractivity contribution >= 4 is 0 Å². The third kappa shape index (κ3) is 2.34. The van der Waals surface area contributed by atoms with Crippen LogP contribution in [0, 0.1) is 0 Å². The van der Waals surface area contributed by atoms with Gasteiger partial charge in [-0.05, 0) is 37.4 Å². The summed E-state index contributed by atoms with van der Waals surface area (Å²) in [5, 5.41) is 3.57. The van der Waals surface area contributed by atoms with Crippen LogP contribution in [0.15, 0.2) is 36.4 Å². The zero-order valence-corrected chi connectivity index (χ0v) is 9.82. The van der Waals surface area contributed by atoms with E-state index in [-0.39, 0.29) is 6.04 Å². The minimum atomic E-state index is 0.204. The fourth-order valence-electron chi connectivity index (χ4n) is 2.37. The number of rotatable bonds is 4. The molecule has 0 saturated heterocycles. The Balaban J connectivity index is 1.98. The van der Waals surface area contributed by atoms with Gasteiger partial charge in [0.2, 0.25) is 0 Å². The molecule has 0 saturated carbocycles. The van der Waals surface area contributed by atoms with Crippen LogP contribution in [-0.2, 0) is 0 Å². The molecule has 1 aliphatic carbocycles. The van der Waals surface area contributed by atoms with Crippen LogP contribution in [0.25, 0.3) is 0 Å². The number of nitrogens with one attached hydrogen (secondary N) is 1. The molecule has 0 amide bonds. The summed E-state index contributed by atoms with van der Waals surface area (Å²) < 4.78 is 0. The average molecular weight is 216 g/mol. The maximum atomic E-state index is 6.11. The van der Waals surface area contributed by atoms with Crippen molar-refractivity contribution in [1.82, 2.24) is 5.32 Å². The second kappa shape index (κ2) is 5.28. The molecule has 0 aromatic heterocycles. The molecule has 1 aromatic rings. The molecule has 2 nitrogen and oxygen atoms in total. The van der Waals surface area contributed by atoms with E-state index in [2.05, 4.69) is 48.7 Å². The molecule has 0 heterocycles. The first-order valence-corrected chi connectivity index (χ1v) is 6.02. The third-order valence-corrected chi connectivity index (χ3v) is 3.20. The quantitative estimate of drug-likeness (QED) is 0.600. The van der Waals surface area contributed by atoms with Crippen LogP contribution in [0.5, 0.6) is 0 Å². The fourth-order valence-corrected chi connectivity index (χ4v) is 2.37. The van der Waals surface area contributed by atoms with Crippen LogP contribution in [0.1, 0.15) is 43.0 Å². The number of nitrogens with two attached hydrogens (primary N) is 1. The zero-order valence-electron chi connectivity index (χ0n) is 9.82. The van der Waals surface area contributed by atoms with E-state index < -0.39 is 0 Å². The van der Waals surface area contributed by atoms with Crippen molar-refractivity contribution < 1.29 is 0 Å². The molecule has 1 aliphatic rings. The van der Waals surface area contributed by atoms with E-state index in [1.165, 1.54) is 11.1 Å². The van der Waals surface area contributed by atoms with Crippen LogP contribution in [0.4, 0.5) is 0 Å². The topological polar surface area (TPSA) is 38.0 Å². The molecule has 2 unspecified atom stereocenters. The van der Waals surface area contributed by atoms with Gasteiger partial charge in [0.25, 0.3) is 0 Å². The average Bonchev–Trinajstić information content (AvgIpc) is 2.63. The lowest BCUT2D eigenvalue weighted by Gasteiger charge is -2.12. The SMILES string of the molecule is C/C=C/CCNC1CC(N)c2ccccc21. The van der Waals surface area contributed by atoms with Gasteiger partial charge in [0.1, 0.15) is 0 Å². The molecule has 2 rings (SSSR count). The van der Waals surface area contributed by atoms with Gasteiger partial charge in [-0.25, -0.2) is 0 Å². The molecule has 86 valence electrons. The number of fused-ring (bicyclic) bond motifs is 1. The lowest BCUT2D eigenvalue weighted by atomic mass is 10.1. The van der Waals surface area contributed by atoms with Crippen LogP contribution in [-0.4, -0.2) is 6.54 Å². The molecule has 0 aliphatic heterocycles. The summed E-state index contributed by atoms with van der Waals surface area (Å²) in [4.78, 5) is 0. The van der Waals surface area contributed by atoms with E-state index >= 15 is 0 Å². The van der Waals surface area contributed by atoms with Gasteiger partial charge in [0.05, 0.1) is 0 Å². The van der Waals surface area contributed by atoms with E-state index in [0.29, 0.717) is 6.04 Å². The van der Waals surface area contributed by atoms with Crippen LogP contribution < -0.4 is 11.1 Å². The second-order valence-electron chi connectivity index (χ2n) is 4.34. The van der Waals surface area contributed by atoms with Gasteiger partial charge < -0.3 is 11.1 Å². The summed E-state index contributed by atoms with van der Waals surface area (Å²) in [5.74, 6) is 0. The van der Waals surface area contributed by atoms with Gasteiger partial charge in [0.15, 0.2) is 0 Å². The summed E-state index contributed by atoms with van der Waals surface area (Å²) in [6.07, 6.45) is 6.39. The van der Waals surface area contributed by atoms with Gasteiger partial charge in [0, 0.05) is 12.1 Å². The van der Waals surface area contributed by atoms with E-state index in [0.717, 1.165) is 19.4 Å². The van der Waals surface area contributed by atoms with Crippen LogP contribution in [0.3, 0.4) is 0 Å². The summed E-state index contributed by atoms with van der Waals surface area (Å²) >= 11 is 0. The maximum Gasteiger partial charge on any atom is 0.0341 e. The Hall–Kier alpha value is -1.12. The first-order chi connectivity index (χ1) is 7.83. The Morgan fingerprint density at radius 2 is 2.12 bits per heavy atom. The van der Waals surface area contributed by atoms with Crippen molar-refractivity contribution in [3.63, 3.8) is 0 Å². The Bertz CT molecular complexity index is 371. The van der Waals surface area contributed by atoms with Crippen LogP contribution >= 0.6 is 0 Å². The van der Waals surface area contributed by atoms with Gasteiger partial charge in [-0.2, -0.15) is 0 Å². The predicted molar refractivity (Wildman–Crippen MR) is 68.2 cm³/mol. The molecule has 3 N–H and O–H groups in total. The fraction of sp³-hybridized carbons (Fsp3) is 0.429. The van der Waals surface area contributed by atoms with Crippen molar-refractivity contribution in [3.05, 3.63) is 47.5 Å². The standard InChI is InChI=1S/C14H20N2/c1-2-3-6-9-16-14-10-13(15)11-7-4-5-8-12(11)14/h2-5,7-8,13-14,16H,6,9-10,15H2,1H3/b3-2+. The lowest BCUT2D eigenvalue weighted by Crippen LogP contribution is -2.20. The van der Waals surface area contributed by atoms with Gasteiger partial charge >= 0.3 is 0 Å². The molecule has 0 radical (unpaired) electrons. The molecule has 0 bridgehead atoms. The normalized spacial score (nSPS) is 23.9. The molecule has 0 spiro atoms. The molecule has 1 aromatic carbocycles. The Labute approximate surface area is 97.5 Å². The van der Waals surface area contributed by atoms with Crippen molar-refractivity contribution in [2.24, 2.45) is 5.73 Å². The van der Waals surface area contributed by atoms with E-state index in [1.807, 2.05) is 0 Å². The Kier molecular flexibility index (Phi) is 3.75. The minimum absolute atomic E-state index is 0.204. The monoisotopic (exact) mass is 216 g/mol. The van der Waals surface area contributed by atoms with Crippen molar-refractivity contribution in [2.45, 2.75) is 31.8 Å². The highest BCUT2D eigenvalue weighted by molar-refractivity contribution is 5.37. The molecular formula is C14H20N2. The number of benzene rings is 1. The van der Waals surface area contributed by atoms with E-state index in [4.69, 9.17) is 5.73 Å². The summed E-state index contributed by atoms with van der Waals surface area (Å²) in [7, 11) is 0. The summed E-state index contributed by atoms with van der Waals surface area (Å²) in [6, 6.07) is 9.15. The van der Waals surface area contributed by atoms with Crippen LogP contribution in [0.2, 0.25) is 0 Å². The van der Waals surface area contributed by atoms with Crippen molar-refractivity contribution in [3.8, 4) is 0 Å². The molecule has 2 atom stereocenters. The van der Waals surface area contributed by atoms with Gasteiger partial charge in [-0.3, -0.25) is 0 Å². The van der Waals surface area contributed by atoms with E-state index in [1.54, 1.807) is 0 Å². The number of hydrogen-bond acceptors (Lipinski definition) is 2. The van der Waals surface area contributed by atoms with E-state index in [9.17, 15) is 0 Å². The predicted octanol–water partition coefficient (Wildman–Crippen LogP) is 2.69. The zero-order chi connectivity index (χ0) is 11.4. The first-order valence-electron chi connectivity index (χ1n) is 6.02. The highest BCUT2D eigenvalue weighted by Crippen LogP contribution is 2.36. The highest BCUT2D eigenvalue weighted by atomic mass is 14.9. The Morgan fingerprint density at radius 1 is 1.38 bits per heavy atom. The minimum Gasteiger partial charge on any atom is -0.324 e. The number of hydrogen-bond donors (Lipinski definition) is 2. The second-order valence-corrected chi connectivity index (χ2v) is 4.34. The van der Waals surface area contributed by atoms with Gasteiger partial charge in [-0.15, -0.1) is 0 Å². The largest absolute Gasteiger partial charge is 0.324 e. The summed E-state index contributed by atoms with van der Waals surface area (Å²) in [5.41, 5.74) is 8.81. The third-order valence-electron chi connectivity index (χ3n) is 3.20. The highest BCUT2D eigenvalue weighted by Gasteiger charge is 2.27. The smallest absolute Gasteiger partial charge is 0.0341 e. The Morgan fingerprint density at radius 3 is 2.88 bits per heavy atom.